The van der Waals surface area contributed by atoms with Crippen LogP contribution in [0, 0.1) is 0 Å². The maximum absolute atomic E-state index is 9.64. The first-order chi connectivity index (χ1) is 12.6. The Hall–Kier alpha value is -2.48. The molecule has 0 aliphatic rings. The summed E-state index contributed by atoms with van der Waals surface area (Å²) >= 11 is 11.9. The molecule has 0 unspecified atom stereocenters. The minimum absolute atomic E-state index is 0.0471. The van der Waals surface area contributed by atoms with Gasteiger partial charge >= 0.3 is 0 Å². The van der Waals surface area contributed by atoms with Crippen LogP contribution < -0.4 is 4.90 Å². The number of aromatic hydroxyl groups is 1. The Morgan fingerprint density at radius 2 is 1.85 bits per heavy atom. The molecule has 3 rings (SSSR count). The number of rotatable bonds is 6. The molecule has 0 spiro atoms. The molecule has 1 aromatic carbocycles. The number of hydrogen-bond donors (Lipinski definition) is 2. The van der Waals surface area contributed by atoms with E-state index in [1.54, 1.807) is 17.3 Å². The average molecular weight is 392 g/mol. The molecule has 3 aromatic rings. The van der Waals surface area contributed by atoms with Crippen LogP contribution in [-0.2, 0) is 6.54 Å². The fourth-order valence-corrected chi connectivity index (χ4v) is 2.83. The predicted molar refractivity (Wildman–Crippen MR) is 99.3 cm³/mol. The minimum atomic E-state index is -0.180. The standard InChI is InChI=1S/C17H15Cl2N5O2/c18-13-6-12(7-14(19)16(13)26)15-9-21-17(23-22-15)24(4-5-25)10-11-2-1-3-20-8-11/h1-3,6-9,25-26H,4-5,10H2. The monoisotopic (exact) mass is 391 g/mol. The molecule has 0 fully saturated rings. The summed E-state index contributed by atoms with van der Waals surface area (Å²) in [4.78, 5) is 10.2. The molecule has 9 heteroatoms. The first-order valence-electron chi connectivity index (χ1n) is 7.71. The highest BCUT2D eigenvalue weighted by molar-refractivity contribution is 6.37. The normalized spacial score (nSPS) is 10.7. The van der Waals surface area contributed by atoms with Gasteiger partial charge in [0.25, 0.3) is 0 Å². The third kappa shape index (κ3) is 4.19. The molecule has 2 heterocycles. The van der Waals surface area contributed by atoms with E-state index >= 15 is 0 Å². The molecule has 0 amide bonds. The Labute approximate surface area is 159 Å². The summed E-state index contributed by atoms with van der Waals surface area (Å²) in [5.41, 5.74) is 2.01. The Balaban J connectivity index is 1.85. The van der Waals surface area contributed by atoms with Gasteiger partial charge in [0.05, 0.1) is 22.8 Å². The van der Waals surface area contributed by atoms with E-state index in [9.17, 15) is 10.2 Å². The Morgan fingerprint density at radius 1 is 1.08 bits per heavy atom. The number of aliphatic hydroxyl groups excluding tert-OH is 1. The van der Waals surface area contributed by atoms with Crippen LogP contribution in [0.15, 0.2) is 42.9 Å². The van der Waals surface area contributed by atoms with E-state index in [0.29, 0.717) is 30.3 Å². The van der Waals surface area contributed by atoms with Gasteiger partial charge in [-0.25, -0.2) is 4.98 Å². The largest absolute Gasteiger partial charge is 0.505 e. The fraction of sp³-hybridized carbons (Fsp3) is 0.176. The van der Waals surface area contributed by atoms with Crippen molar-refractivity contribution in [2.75, 3.05) is 18.1 Å². The fourth-order valence-electron chi connectivity index (χ4n) is 2.34. The molecule has 0 saturated carbocycles. The molecule has 134 valence electrons. The quantitative estimate of drug-likeness (QED) is 0.666. The van der Waals surface area contributed by atoms with Crippen molar-refractivity contribution in [3.05, 3.63) is 58.5 Å². The zero-order chi connectivity index (χ0) is 18.5. The SMILES string of the molecule is OCCN(Cc1cccnc1)c1ncc(-c2cc(Cl)c(O)c(Cl)c2)nn1. The van der Waals surface area contributed by atoms with Crippen molar-refractivity contribution in [1.29, 1.82) is 0 Å². The highest BCUT2D eigenvalue weighted by Gasteiger charge is 2.13. The van der Waals surface area contributed by atoms with Crippen LogP contribution in [0.2, 0.25) is 10.0 Å². The topological polar surface area (TPSA) is 95.3 Å². The molecule has 0 radical (unpaired) electrons. The minimum Gasteiger partial charge on any atom is -0.505 e. The number of nitrogens with zero attached hydrogens (tertiary/aromatic N) is 5. The Bertz CT molecular complexity index is 855. The lowest BCUT2D eigenvalue weighted by atomic mass is 10.1. The lowest BCUT2D eigenvalue weighted by Crippen LogP contribution is -2.28. The van der Waals surface area contributed by atoms with E-state index in [4.69, 9.17) is 23.2 Å². The van der Waals surface area contributed by atoms with Crippen LogP contribution >= 0.6 is 23.2 Å². The number of hydrogen-bond acceptors (Lipinski definition) is 7. The molecule has 2 aromatic heterocycles. The van der Waals surface area contributed by atoms with E-state index in [1.807, 2.05) is 12.1 Å². The van der Waals surface area contributed by atoms with Crippen molar-refractivity contribution in [2.24, 2.45) is 0 Å². The lowest BCUT2D eigenvalue weighted by molar-refractivity contribution is 0.300. The first kappa shape index (κ1) is 18.3. The number of aromatic nitrogens is 4. The third-order valence-corrected chi connectivity index (χ3v) is 4.19. The molecule has 2 N–H and O–H groups in total. The van der Waals surface area contributed by atoms with Gasteiger partial charge in [-0.1, -0.05) is 29.3 Å². The van der Waals surface area contributed by atoms with Gasteiger partial charge in [0, 0.05) is 31.0 Å². The van der Waals surface area contributed by atoms with Gasteiger partial charge in [-0.05, 0) is 23.8 Å². The Morgan fingerprint density at radius 3 is 2.42 bits per heavy atom. The van der Waals surface area contributed by atoms with E-state index in [1.165, 1.54) is 18.3 Å². The Kier molecular flexibility index (Phi) is 5.82. The molecule has 0 bridgehead atoms. The van der Waals surface area contributed by atoms with Crippen LogP contribution in [-0.4, -0.2) is 43.5 Å². The van der Waals surface area contributed by atoms with Gasteiger partial charge in [0.15, 0.2) is 5.75 Å². The summed E-state index contributed by atoms with van der Waals surface area (Å²) in [6, 6.07) is 6.84. The average Bonchev–Trinajstić information content (AvgIpc) is 2.66. The summed E-state index contributed by atoms with van der Waals surface area (Å²) in [7, 11) is 0. The number of pyridine rings is 1. The highest BCUT2D eigenvalue weighted by atomic mass is 35.5. The number of halogens is 2. The third-order valence-electron chi connectivity index (χ3n) is 3.61. The van der Waals surface area contributed by atoms with Crippen molar-refractivity contribution in [3.8, 4) is 17.0 Å². The van der Waals surface area contributed by atoms with Gasteiger partial charge in [-0.3, -0.25) is 4.98 Å². The summed E-state index contributed by atoms with van der Waals surface area (Å²) in [5, 5.41) is 27.5. The highest BCUT2D eigenvalue weighted by Crippen LogP contribution is 2.35. The number of phenolic OH excluding ortho intramolecular Hbond substituents is 1. The summed E-state index contributed by atoms with van der Waals surface area (Å²) in [5.74, 6) is 0.197. The van der Waals surface area contributed by atoms with Crippen molar-refractivity contribution >= 4 is 29.2 Å². The van der Waals surface area contributed by atoms with E-state index in [-0.39, 0.29) is 22.4 Å². The second-order valence-corrected chi connectivity index (χ2v) is 6.25. The molecule has 26 heavy (non-hydrogen) atoms. The smallest absolute Gasteiger partial charge is 0.245 e. The summed E-state index contributed by atoms with van der Waals surface area (Å²) in [6.07, 6.45) is 4.97. The van der Waals surface area contributed by atoms with Crippen molar-refractivity contribution in [2.45, 2.75) is 6.54 Å². The number of phenols is 1. The zero-order valence-electron chi connectivity index (χ0n) is 13.5. The van der Waals surface area contributed by atoms with Crippen molar-refractivity contribution < 1.29 is 10.2 Å². The summed E-state index contributed by atoms with van der Waals surface area (Å²) in [6.45, 7) is 0.799. The second kappa shape index (κ2) is 8.27. The van der Waals surface area contributed by atoms with Crippen LogP contribution in [0.25, 0.3) is 11.3 Å². The molecule has 0 aliphatic heterocycles. The molecular formula is C17H15Cl2N5O2. The predicted octanol–water partition coefficient (Wildman–Crippen LogP) is 2.94. The maximum atomic E-state index is 9.64. The van der Waals surface area contributed by atoms with E-state index in [2.05, 4.69) is 20.2 Å². The van der Waals surface area contributed by atoms with Gasteiger partial charge in [0.1, 0.15) is 5.69 Å². The molecule has 0 aliphatic carbocycles. The van der Waals surface area contributed by atoms with Gasteiger partial charge in [-0.15, -0.1) is 10.2 Å². The van der Waals surface area contributed by atoms with Crippen LogP contribution in [0.5, 0.6) is 5.75 Å². The van der Waals surface area contributed by atoms with E-state index < -0.39 is 0 Å². The van der Waals surface area contributed by atoms with Crippen LogP contribution in [0.3, 0.4) is 0 Å². The van der Waals surface area contributed by atoms with Crippen LogP contribution in [0.4, 0.5) is 5.95 Å². The van der Waals surface area contributed by atoms with Gasteiger partial charge in [0.2, 0.25) is 5.95 Å². The molecule has 7 nitrogen and oxygen atoms in total. The number of aliphatic hydroxyl groups is 1. The summed E-state index contributed by atoms with van der Waals surface area (Å²) < 4.78 is 0. The maximum Gasteiger partial charge on any atom is 0.245 e. The lowest BCUT2D eigenvalue weighted by Gasteiger charge is -2.21. The second-order valence-electron chi connectivity index (χ2n) is 5.44. The van der Waals surface area contributed by atoms with Crippen molar-refractivity contribution in [3.63, 3.8) is 0 Å². The molecule has 0 atom stereocenters. The van der Waals surface area contributed by atoms with Crippen molar-refractivity contribution in [1.82, 2.24) is 20.2 Å². The van der Waals surface area contributed by atoms with Gasteiger partial charge in [-0.2, -0.15) is 0 Å². The van der Waals surface area contributed by atoms with Crippen LogP contribution in [0.1, 0.15) is 5.56 Å². The number of anilines is 1. The van der Waals surface area contributed by atoms with Gasteiger partial charge < -0.3 is 15.1 Å². The number of benzene rings is 1. The van der Waals surface area contributed by atoms with E-state index in [0.717, 1.165) is 5.56 Å². The zero-order valence-corrected chi connectivity index (χ0v) is 15.1. The molecule has 0 saturated heterocycles. The first-order valence-corrected chi connectivity index (χ1v) is 8.47. The molecular weight excluding hydrogens is 377 g/mol.